The van der Waals surface area contributed by atoms with Crippen molar-refractivity contribution in [2.24, 2.45) is 10.6 Å². The number of ether oxygens (including phenoxy) is 2. The molecule has 2 N–H and O–H groups in total. The summed E-state index contributed by atoms with van der Waals surface area (Å²) in [6, 6.07) is 67.7. The summed E-state index contributed by atoms with van der Waals surface area (Å²) in [6.45, 7) is 0.114. The van der Waals surface area contributed by atoms with Crippen LogP contribution >= 0.6 is 45.7 Å². The van der Waals surface area contributed by atoms with Gasteiger partial charge in [-0.15, -0.1) is 23.1 Å². The van der Waals surface area contributed by atoms with Crippen molar-refractivity contribution in [3.63, 3.8) is 0 Å². The number of thiazole rings is 1. The molecule has 398 valence electrons. The lowest BCUT2D eigenvalue weighted by atomic mass is 9.77. The van der Waals surface area contributed by atoms with Crippen LogP contribution in [0.4, 0.5) is 5.13 Å². The molecule has 3 aliphatic rings. The molecule has 1 aliphatic carbocycles. The highest BCUT2D eigenvalue weighted by molar-refractivity contribution is 14.1. The van der Waals surface area contributed by atoms with E-state index in [1.165, 1.54) is 23.1 Å². The molecule has 11 rings (SSSR count). The van der Waals surface area contributed by atoms with E-state index in [-0.39, 0.29) is 23.9 Å². The Kier molecular flexibility index (Phi) is 16.1. The van der Waals surface area contributed by atoms with Crippen molar-refractivity contribution in [1.29, 1.82) is 0 Å². The van der Waals surface area contributed by atoms with Crippen LogP contribution in [0.1, 0.15) is 82.5 Å². The molecule has 0 spiro atoms. The highest BCUT2D eigenvalue weighted by atomic mass is 127. The molecule has 2 saturated heterocycles. The van der Waals surface area contributed by atoms with Crippen LogP contribution in [0.25, 0.3) is 0 Å². The number of nitrogens with zero attached hydrogens (tertiary/aromatic N) is 3. The molecular weight excluding hydrogens is 1140 g/mol. The lowest BCUT2D eigenvalue weighted by Gasteiger charge is -2.53. The number of hydrogen-bond donors (Lipinski definition) is 2. The van der Waals surface area contributed by atoms with Gasteiger partial charge in [0.1, 0.15) is 28.1 Å². The van der Waals surface area contributed by atoms with Crippen molar-refractivity contribution >= 4 is 80.3 Å². The quantitative estimate of drug-likeness (QED) is 0.0152. The Morgan fingerprint density at radius 2 is 1.08 bits per heavy atom. The summed E-state index contributed by atoms with van der Waals surface area (Å²) in [7, 11) is 0. The first-order valence-corrected chi connectivity index (χ1v) is 29.7. The van der Waals surface area contributed by atoms with E-state index in [4.69, 9.17) is 19.3 Å². The molecule has 3 fully saturated rings. The Balaban J connectivity index is 0.900. The second-order valence-corrected chi connectivity index (χ2v) is 22.7. The number of benzene rings is 7. The van der Waals surface area contributed by atoms with E-state index in [0.717, 1.165) is 38.9 Å². The van der Waals surface area contributed by atoms with E-state index < -0.39 is 58.0 Å². The molecule has 1 saturated carbocycles. The van der Waals surface area contributed by atoms with Gasteiger partial charge in [-0.25, -0.2) is 9.78 Å². The SMILES string of the molecule is O=C(NC1C(=O)N2CC(CI)(C(=O)OC(c3ccccc3)c3ccccc3)CS[C@H]12)C(=NOC1(C(=O)OC(c2ccccc2)c2ccccc2)CCCC1)c1csc(NC(c2ccccc2)(c2ccccc2)c2ccccc2)n1. The first-order valence-electron chi connectivity index (χ1n) is 26.3. The number of carbonyl (C=O) groups excluding carboxylic acids is 4. The molecule has 3 heterocycles. The second kappa shape index (κ2) is 23.8. The molecule has 8 aromatic rings. The van der Waals surface area contributed by atoms with E-state index in [1.807, 2.05) is 176 Å². The number of carbonyl (C=O) groups is 4. The number of amides is 2. The fourth-order valence-corrected chi connectivity index (χ4v) is 14.2. The minimum atomic E-state index is -1.53. The van der Waals surface area contributed by atoms with E-state index >= 15 is 4.79 Å². The Labute approximate surface area is 481 Å². The molecule has 7 aromatic carbocycles. The van der Waals surface area contributed by atoms with Crippen LogP contribution in [-0.2, 0) is 39.0 Å². The number of rotatable bonds is 19. The maximum Gasteiger partial charge on any atom is 0.354 e. The van der Waals surface area contributed by atoms with Gasteiger partial charge in [0.25, 0.3) is 5.91 Å². The van der Waals surface area contributed by atoms with Gasteiger partial charge in [-0.2, -0.15) is 0 Å². The zero-order valence-corrected chi connectivity index (χ0v) is 46.7. The number of esters is 2. The van der Waals surface area contributed by atoms with Gasteiger partial charge in [0.05, 0.1) is 0 Å². The summed E-state index contributed by atoms with van der Waals surface area (Å²) in [4.78, 5) is 71.8. The number of anilines is 1. The van der Waals surface area contributed by atoms with E-state index in [1.54, 1.807) is 10.3 Å². The van der Waals surface area contributed by atoms with Crippen molar-refractivity contribution in [2.45, 2.75) is 60.4 Å². The molecule has 2 aliphatic heterocycles. The first-order chi connectivity index (χ1) is 38.7. The summed E-state index contributed by atoms with van der Waals surface area (Å²) in [5.74, 6) is -1.73. The van der Waals surface area contributed by atoms with Gasteiger partial charge < -0.3 is 29.8 Å². The highest BCUT2D eigenvalue weighted by Gasteiger charge is 2.58. The van der Waals surface area contributed by atoms with Crippen LogP contribution in [-0.4, -0.2) is 73.1 Å². The molecule has 3 atom stereocenters. The standard InChI is InChI=1S/C64H56IN5O7S2/c65-41-62(59(73)75-54(44-24-8-1-9-25-44)45-26-10-2-11-27-45)42-70-57(72)53(58(70)79-43-62)67-56(71)52(69-77-63(38-22-23-39-63)60(74)76-55(46-28-12-3-13-29-46)47-30-14-4-15-31-47)51-40-78-61(66-51)68-64(48-32-16-5-17-33-48,49-34-18-6-19-35-49)50-36-20-7-21-37-50/h1-21,24-37,40,53-55,58H,22-23,38-39,41-43H2,(H,66,68)(H,67,71)/t53?,58-,62?/m1/s1. The number of nitrogens with one attached hydrogen (secondary N) is 2. The number of fused-ring (bicyclic) bond motifs is 1. The third kappa shape index (κ3) is 11.0. The molecule has 0 bridgehead atoms. The molecule has 12 nitrogen and oxygen atoms in total. The van der Waals surface area contributed by atoms with E-state index in [9.17, 15) is 14.4 Å². The molecule has 79 heavy (non-hydrogen) atoms. The zero-order valence-electron chi connectivity index (χ0n) is 42.9. The molecular formula is C64H56IN5O7S2. The Hall–Kier alpha value is -7.60. The molecule has 2 amide bonds. The maximum absolute atomic E-state index is 15.1. The molecule has 1 aromatic heterocycles. The zero-order chi connectivity index (χ0) is 54.2. The van der Waals surface area contributed by atoms with Crippen LogP contribution in [0.5, 0.6) is 0 Å². The minimum Gasteiger partial charge on any atom is -0.452 e. The molecule has 15 heteroatoms. The summed E-state index contributed by atoms with van der Waals surface area (Å²) < 4.78 is 13.2. The van der Waals surface area contributed by atoms with E-state index in [0.29, 0.717) is 41.0 Å². The second-order valence-electron chi connectivity index (χ2n) is 20.0. The van der Waals surface area contributed by atoms with Crippen molar-refractivity contribution in [3.8, 4) is 0 Å². The van der Waals surface area contributed by atoms with Crippen molar-refractivity contribution in [1.82, 2.24) is 15.2 Å². The minimum absolute atomic E-state index is 0.114. The highest BCUT2D eigenvalue weighted by Crippen LogP contribution is 2.46. The van der Waals surface area contributed by atoms with Crippen molar-refractivity contribution < 1.29 is 33.5 Å². The van der Waals surface area contributed by atoms with Crippen LogP contribution in [0.2, 0.25) is 0 Å². The summed E-state index contributed by atoms with van der Waals surface area (Å²) in [5, 5.41) is 13.1. The topological polar surface area (TPSA) is 149 Å². The van der Waals surface area contributed by atoms with Gasteiger partial charge in [0, 0.05) is 34.9 Å². The number of aromatic nitrogens is 1. The molecule has 0 radical (unpaired) electrons. The Morgan fingerprint density at radius 3 is 1.52 bits per heavy atom. The van der Waals surface area contributed by atoms with Gasteiger partial charge in [0.2, 0.25) is 11.5 Å². The monoisotopic (exact) mass is 1200 g/mol. The Bertz CT molecular complexity index is 3240. The van der Waals surface area contributed by atoms with Crippen LogP contribution in [0.3, 0.4) is 0 Å². The predicted molar refractivity (Wildman–Crippen MR) is 317 cm³/mol. The summed E-state index contributed by atoms with van der Waals surface area (Å²) in [5.41, 5.74) is 2.56. The summed E-state index contributed by atoms with van der Waals surface area (Å²) >= 11 is 4.91. The van der Waals surface area contributed by atoms with Crippen LogP contribution < -0.4 is 10.6 Å². The third-order valence-corrected chi connectivity index (χ3v) is 18.8. The Morgan fingerprint density at radius 1 is 0.646 bits per heavy atom. The van der Waals surface area contributed by atoms with E-state index in [2.05, 4.69) is 74.8 Å². The lowest BCUT2D eigenvalue weighted by molar-refractivity contribution is -0.176. The van der Waals surface area contributed by atoms with Crippen molar-refractivity contribution in [3.05, 3.63) is 262 Å². The number of alkyl halides is 1. The first kappa shape index (κ1) is 53.4. The smallest absolute Gasteiger partial charge is 0.354 e. The van der Waals surface area contributed by atoms with Gasteiger partial charge in [0.15, 0.2) is 23.1 Å². The van der Waals surface area contributed by atoms with Gasteiger partial charge >= 0.3 is 11.9 Å². The average Bonchev–Trinajstić information content (AvgIpc) is 4.24. The number of halogens is 1. The van der Waals surface area contributed by atoms with Gasteiger partial charge in [-0.05, 0) is 51.8 Å². The number of β-lactam (4-membered cyclic amide) rings is 1. The van der Waals surface area contributed by atoms with Gasteiger partial charge in [-0.3, -0.25) is 14.4 Å². The number of hydrogen-bond acceptors (Lipinski definition) is 12. The fourth-order valence-electron chi connectivity index (χ4n) is 10.7. The van der Waals surface area contributed by atoms with Crippen LogP contribution in [0, 0.1) is 5.41 Å². The predicted octanol–water partition coefficient (Wildman–Crippen LogP) is 12.1. The largest absolute Gasteiger partial charge is 0.452 e. The molecule has 2 unspecified atom stereocenters. The number of thioether (sulfide) groups is 1. The summed E-state index contributed by atoms with van der Waals surface area (Å²) in [6.07, 6.45) is 0.530. The maximum atomic E-state index is 15.1. The van der Waals surface area contributed by atoms with Crippen LogP contribution in [0.15, 0.2) is 223 Å². The normalized spacial score (nSPS) is 18.7. The van der Waals surface area contributed by atoms with Gasteiger partial charge in [-0.1, -0.05) is 240 Å². The van der Waals surface area contributed by atoms with Crippen molar-refractivity contribution in [2.75, 3.05) is 22.0 Å². The number of oxime groups is 1. The average molecular weight is 1200 g/mol. The third-order valence-electron chi connectivity index (χ3n) is 15.0. The lowest BCUT2D eigenvalue weighted by Crippen LogP contribution is -2.74. The fraction of sp³-hybridized carbons (Fsp3) is 0.219.